The monoisotopic (exact) mass is 438 g/mol. The van der Waals surface area contributed by atoms with Crippen molar-refractivity contribution in [2.24, 2.45) is 5.92 Å². The molecule has 0 aliphatic heterocycles. The molecule has 1 aromatic carbocycles. The predicted molar refractivity (Wildman–Crippen MR) is 109 cm³/mol. The number of amides is 1. The number of aromatic nitrogens is 2. The zero-order valence-corrected chi connectivity index (χ0v) is 17.7. The van der Waals surface area contributed by atoms with Crippen molar-refractivity contribution in [2.45, 2.75) is 30.4 Å². The Bertz CT molecular complexity index is 731. The zero-order valence-electron chi connectivity index (χ0n) is 13.8. The molecule has 0 saturated carbocycles. The largest absolute Gasteiger partial charge is 0.360 e. The molecule has 1 amide bonds. The lowest BCUT2D eigenvalue weighted by atomic mass is 10.2. The number of nitrogens with zero attached hydrogens (tertiary/aromatic N) is 2. The topological polar surface area (TPSA) is 66.9 Å². The molecule has 2 N–H and O–H groups in total. The summed E-state index contributed by atoms with van der Waals surface area (Å²) in [5.74, 6) is 0.279. The van der Waals surface area contributed by atoms with E-state index in [9.17, 15) is 4.79 Å². The van der Waals surface area contributed by atoms with Crippen molar-refractivity contribution in [3.05, 3.63) is 27.2 Å². The summed E-state index contributed by atoms with van der Waals surface area (Å²) in [7, 11) is 0. The molecule has 0 saturated heterocycles. The fourth-order valence-corrected chi connectivity index (χ4v) is 4.53. The first-order valence-electron chi connectivity index (χ1n) is 7.45. The first-order chi connectivity index (χ1) is 11.8. The van der Waals surface area contributed by atoms with Crippen LogP contribution in [0.25, 0.3) is 0 Å². The first-order valence-corrected chi connectivity index (χ1v) is 10.3. The number of nitrogens with one attached hydrogen (secondary N) is 2. The van der Waals surface area contributed by atoms with Crippen LogP contribution < -0.4 is 10.6 Å². The van der Waals surface area contributed by atoms with Crippen LogP contribution in [-0.2, 0) is 4.79 Å². The number of halogens is 3. The molecule has 0 aliphatic carbocycles. The Hall–Kier alpha value is -0.730. The molecule has 0 aliphatic rings. The Labute approximate surface area is 169 Å². The predicted octanol–water partition coefficient (Wildman–Crippen LogP) is 5.69. The van der Waals surface area contributed by atoms with Gasteiger partial charge in [0.15, 0.2) is 4.34 Å². The molecular weight excluding hydrogens is 423 g/mol. The lowest BCUT2D eigenvalue weighted by molar-refractivity contribution is -0.115. The second-order valence-electron chi connectivity index (χ2n) is 5.64. The zero-order chi connectivity index (χ0) is 18.6. The normalized spacial score (nSPS) is 12.3. The molecular formula is C15H17Cl3N4OS2. The number of hydrogen-bond donors (Lipinski definition) is 2. The van der Waals surface area contributed by atoms with Crippen LogP contribution in [0.15, 0.2) is 16.5 Å². The van der Waals surface area contributed by atoms with Crippen LogP contribution in [0.4, 0.5) is 10.8 Å². The van der Waals surface area contributed by atoms with Gasteiger partial charge in [0.1, 0.15) is 0 Å². The molecule has 1 aromatic heterocycles. The van der Waals surface area contributed by atoms with Crippen molar-refractivity contribution in [3.63, 3.8) is 0 Å². The lowest BCUT2D eigenvalue weighted by Gasteiger charge is -2.13. The van der Waals surface area contributed by atoms with Crippen molar-refractivity contribution < 1.29 is 4.79 Å². The maximum absolute atomic E-state index is 12.4. The highest BCUT2D eigenvalue weighted by atomic mass is 35.5. The molecule has 0 spiro atoms. The Kier molecular flexibility index (Phi) is 7.64. The SMILES string of the molecule is CC(C)CNc1nnc(SC(C)C(=O)Nc2c(Cl)cc(Cl)cc2Cl)s1. The average molecular weight is 440 g/mol. The molecule has 10 heteroatoms. The number of carbonyl (C=O) groups excluding carboxylic acids is 1. The molecule has 2 rings (SSSR count). The second kappa shape index (κ2) is 9.28. The van der Waals surface area contributed by atoms with Gasteiger partial charge < -0.3 is 10.6 Å². The van der Waals surface area contributed by atoms with E-state index in [4.69, 9.17) is 34.8 Å². The summed E-state index contributed by atoms with van der Waals surface area (Å²) in [6, 6.07) is 3.06. The standard InChI is InChI=1S/C15H17Cl3N4OS2/c1-7(2)6-19-14-21-22-15(25-14)24-8(3)13(23)20-12-10(17)4-9(16)5-11(12)18/h4-5,7-8H,6H2,1-3H3,(H,19,21)(H,20,23). The smallest absolute Gasteiger partial charge is 0.237 e. The van der Waals surface area contributed by atoms with Crippen molar-refractivity contribution in [1.82, 2.24) is 10.2 Å². The Balaban J connectivity index is 1.97. The van der Waals surface area contributed by atoms with E-state index in [1.165, 1.54) is 35.2 Å². The second-order valence-corrected chi connectivity index (χ2v) is 9.46. The fourth-order valence-electron chi connectivity index (χ4n) is 1.71. The van der Waals surface area contributed by atoms with Gasteiger partial charge in [-0.15, -0.1) is 10.2 Å². The minimum Gasteiger partial charge on any atom is -0.360 e. The number of anilines is 2. The van der Waals surface area contributed by atoms with Crippen molar-refractivity contribution >= 4 is 74.6 Å². The van der Waals surface area contributed by atoms with E-state index in [0.717, 1.165) is 11.7 Å². The van der Waals surface area contributed by atoms with Gasteiger partial charge in [-0.05, 0) is 25.0 Å². The van der Waals surface area contributed by atoms with Crippen molar-refractivity contribution in [1.29, 1.82) is 0 Å². The van der Waals surface area contributed by atoms with Crippen LogP contribution >= 0.6 is 57.9 Å². The molecule has 2 aromatic rings. The molecule has 0 fully saturated rings. The van der Waals surface area contributed by atoms with Crippen LogP contribution in [0.2, 0.25) is 15.1 Å². The highest BCUT2D eigenvalue weighted by molar-refractivity contribution is 8.02. The van der Waals surface area contributed by atoms with Gasteiger partial charge >= 0.3 is 0 Å². The number of benzene rings is 1. The Morgan fingerprint density at radius 2 is 1.84 bits per heavy atom. The molecule has 25 heavy (non-hydrogen) atoms. The van der Waals surface area contributed by atoms with Gasteiger partial charge in [0.25, 0.3) is 0 Å². The highest BCUT2D eigenvalue weighted by Gasteiger charge is 2.20. The third kappa shape index (κ3) is 6.18. The van der Waals surface area contributed by atoms with Crippen LogP contribution in [0.5, 0.6) is 0 Å². The first kappa shape index (κ1) is 20.6. The molecule has 1 unspecified atom stereocenters. The Morgan fingerprint density at radius 3 is 2.44 bits per heavy atom. The van der Waals surface area contributed by atoms with Gasteiger partial charge in [0.05, 0.1) is 21.0 Å². The molecule has 0 radical (unpaired) electrons. The van der Waals surface area contributed by atoms with E-state index in [1.807, 2.05) is 0 Å². The van der Waals surface area contributed by atoms with Crippen LogP contribution in [0.3, 0.4) is 0 Å². The van der Waals surface area contributed by atoms with E-state index < -0.39 is 5.25 Å². The minimum absolute atomic E-state index is 0.233. The summed E-state index contributed by atoms with van der Waals surface area (Å²) in [5.41, 5.74) is 0.349. The summed E-state index contributed by atoms with van der Waals surface area (Å²) in [4.78, 5) is 12.4. The van der Waals surface area contributed by atoms with Gasteiger partial charge in [0, 0.05) is 11.6 Å². The summed E-state index contributed by atoms with van der Waals surface area (Å²) in [6.45, 7) is 6.83. The molecule has 0 bridgehead atoms. The summed E-state index contributed by atoms with van der Waals surface area (Å²) < 4.78 is 0.710. The fraction of sp³-hybridized carbons (Fsp3) is 0.400. The number of thioether (sulfide) groups is 1. The third-order valence-electron chi connectivity index (χ3n) is 2.97. The van der Waals surface area contributed by atoms with Gasteiger partial charge in [-0.3, -0.25) is 4.79 Å². The summed E-state index contributed by atoms with van der Waals surface area (Å²) in [5, 5.41) is 15.4. The van der Waals surface area contributed by atoms with Gasteiger partial charge in [-0.2, -0.15) is 0 Å². The molecule has 136 valence electrons. The summed E-state index contributed by atoms with van der Waals surface area (Å²) >= 11 is 20.8. The maximum Gasteiger partial charge on any atom is 0.237 e. The highest BCUT2D eigenvalue weighted by Crippen LogP contribution is 2.35. The van der Waals surface area contributed by atoms with Gasteiger partial charge in [-0.1, -0.05) is 71.7 Å². The minimum atomic E-state index is -0.395. The quantitative estimate of drug-likeness (QED) is 0.543. The summed E-state index contributed by atoms with van der Waals surface area (Å²) in [6.07, 6.45) is 0. The third-order valence-corrected chi connectivity index (χ3v) is 5.85. The average Bonchev–Trinajstić information content (AvgIpc) is 2.96. The van der Waals surface area contributed by atoms with Crippen molar-refractivity contribution in [3.8, 4) is 0 Å². The number of carbonyl (C=O) groups is 1. The van der Waals surface area contributed by atoms with Crippen molar-refractivity contribution in [2.75, 3.05) is 17.2 Å². The van der Waals surface area contributed by atoms with E-state index in [0.29, 0.717) is 31.0 Å². The van der Waals surface area contributed by atoms with Gasteiger partial charge in [0.2, 0.25) is 11.0 Å². The Morgan fingerprint density at radius 1 is 1.20 bits per heavy atom. The molecule has 1 atom stereocenters. The van der Waals surface area contributed by atoms with E-state index in [2.05, 4.69) is 34.7 Å². The molecule has 5 nitrogen and oxygen atoms in total. The van der Waals surface area contributed by atoms with Crippen LogP contribution in [-0.4, -0.2) is 27.9 Å². The maximum atomic E-state index is 12.4. The number of hydrogen-bond acceptors (Lipinski definition) is 6. The van der Waals surface area contributed by atoms with E-state index >= 15 is 0 Å². The van der Waals surface area contributed by atoms with E-state index in [-0.39, 0.29) is 5.91 Å². The van der Waals surface area contributed by atoms with E-state index in [1.54, 1.807) is 6.92 Å². The molecule has 1 heterocycles. The van der Waals surface area contributed by atoms with Crippen LogP contribution in [0.1, 0.15) is 20.8 Å². The van der Waals surface area contributed by atoms with Gasteiger partial charge in [-0.25, -0.2) is 0 Å². The lowest BCUT2D eigenvalue weighted by Crippen LogP contribution is -2.22. The van der Waals surface area contributed by atoms with Crippen LogP contribution in [0, 0.1) is 5.92 Å². The number of rotatable bonds is 7.